The van der Waals surface area contributed by atoms with Gasteiger partial charge >= 0.3 is 6.09 Å². The number of ether oxygens (including phenoxy) is 1. The molecule has 0 bridgehead atoms. The van der Waals surface area contributed by atoms with E-state index < -0.39 is 17.8 Å². The lowest BCUT2D eigenvalue weighted by molar-refractivity contribution is 0.0475. The fourth-order valence-corrected chi connectivity index (χ4v) is 3.28. The van der Waals surface area contributed by atoms with Gasteiger partial charge in [-0.1, -0.05) is 51.6 Å². The summed E-state index contributed by atoms with van der Waals surface area (Å²) in [5.41, 5.74) is 2.03. The molecular formula is C21H32N2O3. The smallest absolute Gasteiger partial charge is 0.408 e. The van der Waals surface area contributed by atoms with Crippen LogP contribution >= 0.6 is 0 Å². The number of rotatable bonds is 4. The molecule has 0 saturated carbocycles. The van der Waals surface area contributed by atoms with Gasteiger partial charge in [-0.05, 0) is 37.3 Å². The number of amides is 1. The first-order chi connectivity index (χ1) is 11.9. The number of fused-ring (bicyclic) bond motifs is 1. The van der Waals surface area contributed by atoms with Gasteiger partial charge in [0.25, 0.3) is 0 Å². The van der Waals surface area contributed by atoms with E-state index in [1.54, 1.807) is 0 Å². The van der Waals surface area contributed by atoms with Gasteiger partial charge in [-0.2, -0.15) is 0 Å². The number of aliphatic hydroxyl groups excluding tert-OH is 1. The van der Waals surface area contributed by atoms with Crippen LogP contribution in [0.3, 0.4) is 0 Å². The van der Waals surface area contributed by atoms with Crippen molar-refractivity contribution >= 4 is 6.09 Å². The van der Waals surface area contributed by atoms with Gasteiger partial charge in [0.1, 0.15) is 5.60 Å². The molecule has 0 spiro atoms. The number of benzene rings is 1. The van der Waals surface area contributed by atoms with E-state index in [9.17, 15) is 9.90 Å². The number of carbonyl (C=O) groups is 1. The summed E-state index contributed by atoms with van der Waals surface area (Å²) in [7, 11) is 0. The summed E-state index contributed by atoms with van der Waals surface area (Å²) in [4.78, 5) is 12.3. The molecule has 0 heterocycles. The summed E-state index contributed by atoms with van der Waals surface area (Å²) in [6.07, 6.45) is -0.389. The van der Waals surface area contributed by atoms with Crippen LogP contribution in [-0.2, 0) is 11.2 Å². The predicted molar refractivity (Wildman–Crippen MR) is 104 cm³/mol. The van der Waals surface area contributed by atoms with Crippen molar-refractivity contribution in [3.8, 4) is 0 Å². The fraction of sp³-hybridized carbons (Fsp3) is 0.571. The zero-order chi connectivity index (χ0) is 19.7. The third kappa shape index (κ3) is 5.01. The first kappa shape index (κ1) is 20.3. The summed E-state index contributed by atoms with van der Waals surface area (Å²) >= 11 is 0. The first-order valence-electron chi connectivity index (χ1n) is 9.09. The van der Waals surface area contributed by atoms with Crippen LogP contribution in [0.1, 0.15) is 58.7 Å². The van der Waals surface area contributed by atoms with Gasteiger partial charge < -0.3 is 20.5 Å². The summed E-state index contributed by atoms with van der Waals surface area (Å²) in [5.74, 6) is 0. The highest BCUT2D eigenvalue weighted by atomic mass is 16.6. The molecule has 1 aromatic carbocycles. The van der Waals surface area contributed by atoms with Crippen molar-refractivity contribution in [1.29, 1.82) is 0 Å². The van der Waals surface area contributed by atoms with Crippen molar-refractivity contribution in [3.63, 3.8) is 0 Å². The van der Waals surface area contributed by atoms with E-state index >= 15 is 0 Å². The first-order valence-corrected chi connectivity index (χ1v) is 9.09. The quantitative estimate of drug-likeness (QED) is 0.766. The Morgan fingerprint density at radius 1 is 1.23 bits per heavy atom. The van der Waals surface area contributed by atoms with Crippen molar-refractivity contribution in [2.45, 2.75) is 71.8 Å². The lowest BCUT2D eigenvalue weighted by Crippen LogP contribution is -2.50. The minimum Gasteiger partial charge on any atom is -0.444 e. The van der Waals surface area contributed by atoms with Gasteiger partial charge in [0, 0.05) is 12.1 Å². The van der Waals surface area contributed by atoms with E-state index in [1.165, 1.54) is 0 Å². The Morgan fingerprint density at radius 2 is 1.85 bits per heavy atom. The summed E-state index contributed by atoms with van der Waals surface area (Å²) in [6.45, 7) is 15.7. The van der Waals surface area contributed by atoms with Gasteiger partial charge in [0.05, 0.1) is 18.2 Å². The molecule has 1 aliphatic carbocycles. The summed E-state index contributed by atoms with van der Waals surface area (Å²) in [5, 5.41) is 16.7. The van der Waals surface area contributed by atoms with Crippen LogP contribution in [0.2, 0.25) is 0 Å². The monoisotopic (exact) mass is 360 g/mol. The van der Waals surface area contributed by atoms with Gasteiger partial charge in [-0.3, -0.25) is 0 Å². The third-order valence-electron chi connectivity index (χ3n) is 4.42. The Morgan fingerprint density at radius 3 is 2.42 bits per heavy atom. The Labute approximate surface area is 156 Å². The Bertz CT molecular complexity index is 671. The maximum absolute atomic E-state index is 12.3. The van der Waals surface area contributed by atoms with Crippen molar-refractivity contribution in [3.05, 3.63) is 47.7 Å². The molecule has 3 atom stereocenters. The molecule has 2 rings (SSSR count). The van der Waals surface area contributed by atoms with Crippen LogP contribution in [-0.4, -0.2) is 28.9 Å². The van der Waals surface area contributed by atoms with Gasteiger partial charge in [-0.15, -0.1) is 0 Å². The maximum atomic E-state index is 12.3. The number of hydrogen-bond acceptors (Lipinski definition) is 4. The minimum absolute atomic E-state index is 0.232. The van der Waals surface area contributed by atoms with Crippen LogP contribution in [0.25, 0.3) is 0 Å². The Kier molecular flexibility index (Phi) is 5.71. The van der Waals surface area contributed by atoms with E-state index in [0.29, 0.717) is 12.1 Å². The Balaban J connectivity index is 2.14. The van der Waals surface area contributed by atoms with Crippen molar-refractivity contribution in [2.24, 2.45) is 5.41 Å². The number of alkyl carbamates (subject to hydrolysis) is 1. The van der Waals surface area contributed by atoms with E-state index in [1.807, 2.05) is 65.8 Å². The minimum atomic E-state index is -0.568. The highest BCUT2D eigenvalue weighted by Crippen LogP contribution is 2.33. The van der Waals surface area contributed by atoms with E-state index in [0.717, 1.165) is 11.1 Å². The lowest BCUT2D eigenvalue weighted by Gasteiger charge is -2.35. The van der Waals surface area contributed by atoms with Gasteiger partial charge in [-0.25, -0.2) is 4.79 Å². The molecule has 0 unspecified atom stereocenters. The van der Waals surface area contributed by atoms with Crippen LogP contribution in [0.5, 0.6) is 0 Å². The SMILES string of the molecule is C=C(N[C@H]1c2ccccc2C[C@H]1O)[C@@H](NC(=O)OC(C)(C)C)C(C)(C)C. The number of carbonyl (C=O) groups excluding carboxylic acids is 1. The fourth-order valence-electron chi connectivity index (χ4n) is 3.28. The molecule has 0 aromatic heterocycles. The zero-order valence-corrected chi connectivity index (χ0v) is 16.7. The van der Waals surface area contributed by atoms with E-state index in [4.69, 9.17) is 4.74 Å². The van der Waals surface area contributed by atoms with Crippen LogP contribution in [0.15, 0.2) is 36.5 Å². The van der Waals surface area contributed by atoms with Crippen molar-refractivity contribution < 1.29 is 14.6 Å². The summed E-state index contributed by atoms with van der Waals surface area (Å²) < 4.78 is 5.39. The normalized spacial score (nSPS) is 20.9. The average molecular weight is 360 g/mol. The lowest BCUT2D eigenvalue weighted by atomic mass is 9.84. The molecule has 5 heteroatoms. The second kappa shape index (κ2) is 7.31. The number of nitrogens with one attached hydrogen (secondary N) is 2. The molecule has 0 saturated heterocycles. The highest BCUT2D eigenvalue weighted by molar-refractivity contribution is 5.68. The van der Waals surface area contributed by atoms with E-state index in [-0.39, 0.29) is 17.5 Å². The highest BCUT2D eigenvalue weighted by Gasteiger charge is 2.35. The molecule has 1 aromatic rings. The van der Waals surface area contributed by atoms with Crippen LogP contribution in [0.4, 0.5) is 4.79 Å². The maximum Gasteiger partial charge on any atom is 0.408 e. The second-order valence-electron chi connectivity index (χ2n) is 9.06. The van der Waals surface area contributed by atoms with Crippen molar-refractivity contribution in [1.82, 2.24) is 10.6 Å². The largest absolute Gasteiger partial charge is 0.444 e. The predicted octanol–water partition coefficient (Wildman–Crippen LogP) is 3.69. The molecule has 5 nitrogen and oxygen atoms in total. The van der Waals surface area contributed by atoms with Crippen LogP contribution in [0, 0.1) is 5.41 Å². The standard InChI is InChI=1S/C21H32N2O3/c1-13(18(20(2,3)4)23-19(25)26-21(5,6)7)22-17-15-11-9-8-10-14(15)12-16(17)24/h8-11,16-18,22,24H,1,12H2,2-7H3,(H,23,25)/t16-,17+,18-/m1/s1. The summed E-state index contributed by atoms with van der Waals surface area (Å²) in [6, 6.07) is 7.41. The molecule has 0 fully saturated rings. The molecule has 26 heavy (non-hydrogen) atoms. The zero-order valence-electron chi connectivity index (χ0n) is 16.7. The molecule has 0 aliphatic heterocycles. The van der Waals surface area contributed by atoms with Crippen LogP contribution < -0.4 is 10.6 Å². The number of hydrogen-bond donors (Lipinski definition) is 3. The molecule has 0 radical (unpaired) electrons. The Hall–Kier alpha value is -2.01. The topological polar surface area (TPSA) is 70.6 Å². The number of aliphatic hydroxyl groups is 1. The molecule has 1 amide bonds. The molecule has 1 aliphatic rings. The molecule has 144 valence electrons. The van der Waals surface area contributed by atoms with E-state index in [2.05, 4.69) is 17.2 Å². The average Bonchev–Trinajstić information content (AvgIpc) is 2.78. The van der Waals surface area contributed by atoms with Gasteiger partial charge in [0.2, 0.25) is 0 Å². The second-order valence-corrected chi connectivity index (χ2v) is 9.06. The third-order valence-corrected chi connectivity index (χ3v) is 4.42. The van der Waals surface area contributed by atoms with Crippen molar-refractivity contribution in [2.75, 3.05) is 0 Å². The molecular weight excluding hydrogens is 328 g/mol. The van der Waals surface area contributed by atoms with Gasteiger partial charge in [0.15, 0.2) is 0 Å². The molecule has 3 N–H and O–H groups in total.